The SMILES string of the molecule is CN1CCC(C2CCN(C(=O)[C@@H](CCC(=O)O)NC(=O)c3ccc4cc[nH]c4c3)CC2)CC1.Cl. The summed E-state index contributed by atoms with van der Waals surface area (Å²) >= 11 is 0. The molecule has 3 heterocycles. The van der Waals surface area contributed by atoms with Gasteiger partial charge in [0.05, 0.1) is 0 Å². The van der Waals surface area contributed by atoms with Crippen LogP contribution in [-0.4, -0.2) is 76.9 Å². The number of benzene rings is 1. The van der Waals surface area contributed by atoms with Crippen molar-refractivity contribution in [3.8, 4) is 0 Å². The number of piperidine rings is 2. The normalized spacial score (nSPS) is 18.9. The summed E-state index contributed by atoms with van der Waals surface area (Å²) in [5.74, 6) is -0.147. The number of H-pyrrole nitrogens is 1. The van der Waals surface area contributed by atoms with E-state index >= 15 is 0 Å². The van der Waals surface area contributed by atoms with Crippen molar-refractivity contribution >= 4 is 41.1 Å². The number of aliphatic carboxylic acids is 1. The number of carboxylic acid groups (broad SMARTS) is 1. The van der Waals surface area contributed by atoms with Crippen LogP contribution in [0.3, 0.4) is 0 Å². The number of halogens is 1. The Kier molecular flexibility index (Phi) is 8.97. The molecule has 2 aliphatic rings. The van der Waals surface area contributed by atoms with E-state index in [2.05, 4.69) is 22.2 Å². The highest BCUT2D eigenvalue weighted by atomic mass is 35.5. The number of amides is 2. The Hall–Kier alpha value is -2.58. The molecule has 2 fully saturated rings. The fourth-order valence-corrected chi connectivity index (χ4v) is 5.27. The molecule has 3 N–H and O–H groups in total. The van der Waals surface area contributed by atoms with E-state index in [0.29, 0.717) is 24.6 Å². The molecule has 0 bridgehead atoms. The van der Waals surface area contributed by atoms with Crippen LogP contribution in [0.2, 0.25) is 0 Å². The van der Waals surface area contributed by atoms with Crippen LogP contribution in [0.1, 0.15) is 48.9 Å². The van der Waals surface area contributed by atoms with Gasteiger partial charge in [0, 0.05) is 36.8 Å². The molecular weight excluding hydrogens is 456 g/mol. The van der Waals surface area contributed by atoms with Gasteiger partial charge in [0.25, 0.3) is 5.91 Å². The second-order valence-corrected chi connectivity index (χ2v) is 9.54. The van der Waals surface area contributed by atoms with Gasteiger partial charge in [-0.25, -0.2) is 0 Å². The lowest BCUT2D eigenvalue weighted by atomic mass is 9.79. The molecule has 1 atom stereocenters. The Morgan fingerprint density at radius 2 is 1.71 bits per heavy atom. The average Bonchev–Trinajstić information content (AvgIpc) is 3.29. The zero-order valence-electron chi connectivity index (χ0n) is 19.7. The number of nitrogens with zero attached hydrogens (tertiary/aromatic N) is 2. The van der Waals surface area contributed by atoms with Crippen LogP contribution in [0.5, 0.6) is 0 Å². The van der Waals surface area contributed by atoms with Crippen LogP contribution in [0.15, 0.2) is 30.5 Å². The van der Waals surface area contributed by atoms with Gasteiger partial charge >= 0.3 is 5.97 Å². The molecule has 186 valence electrons. The number of likely N-dealkylation sites (tertiary alicyclic amines) is 2. The lowest BCUT2D eigenvalue weighted by Gasteiger charge is -2.40. The van der Waals surface area contributed by atoms with Gasteiger partial charge in [-0.2, -0.15) is 0 Å². The Morgan fingerprint density at radius 1 is 1.06 bits per heavy atom. The van der Waals surface area contributed by atoms with Crippen LogP contribution in [0, 0.1) is 11.8 Å². The molecule has 0 unspecified atom stereocenters. The van der Waals surface area contributed by atoms with Crippen molar-refractivity contribution in [2.24, 2.45) is 11.8 Å². The summed E-state index contributed by atoms with van der Waals surface area (Å²) < 4.78 is 0. The number of hydrogen-bond acceptors (Lipinski definition) is 4. The minimum atomic E-state index is -0.976. The van der Waals surface area contributed by atoms with E-state index in [1.807, 2.05) is 17.0 Å². The minimum absolute atomic E-state index is 0. The monoisotopic (exact) mass is 490 g/mol. The highest BCUT2D eigenvalue weighted by Gasteiger charge is 2.33. The molecule has 2 aromatic rings. The summed E-state index contributed by atoms with van der Waals surface area (Å²) in [4.78, 5) is 44.6. The summed E-state index contributed by atoms with van der Waals surface area (Å²) in [7, 11) is 2.17. The fourth-order valence-electron chi connectivity index (χ4n) is 5.27. The maximum Gasteiger partial charge on any atom is 0.303 e. The summed E-state index contributed by atoms with van der Waals surface area (Å²) in [5.41, 5.74) is 1.28. The molecule has 9 heteroatoms. The lowest BCUT2D eigenvalue weighted by molar-refractivity contribution is -0.138. The van der Waals surface area contributed by atoms with Crippen LogP contribution in [0.25, 0.3) is 10.9 Å². The Morgan fingerprint density at radius 3 is 2.35 bits per heavy atom. The Labute approximate surface area is 206 Å². The molecule has 0 radical (unpaired) electrons. The van der Waals surface area contributed by atoms with Crippen LogP contribution >= 0.6 is 12.4 Å². The standard InChI is InChI=1S/C25H34N4O4.ClH/c1-28-12-7-17(8-13-28)18-9-14-29(15-10-18)25(33)21(4-5-23(30)31)27-24(32)20-3-2-19-6-11-26-22(19)16-20;/h2-3,6,11,16-18,21,26H,4-5,7-10,12-15H2,1H3,(H,27,32)(H,30,31);1H/t21-;/m1./s1. The molecule has 1 aromatic carbocycles. The van der Waals surface area contributed by atoms with Crippen molar-refractivity contribution in [1.29, 1.82) is 0 Å². The van der Waals surface area contributed by atoms with E-state index < -0.39 is 12.0 Å². The van der Waals surface area contributed by atoms with Crippen molar-refractivity contribution in [2.75, 3.05) is 33.2 Å². The van der Waals surface area contributed by atoms with E-state index in [-0.39, 0.29) is 37.1 Å². The number of nitrogens with one attached hydrogen (secondary N) is 2. The van der Waals surface area contributed by atoms with E-state index in [0.717, 1.165) is 42.8 Å². The molecular formula is C25H35ClN4O4. The zero-order valence-corrected chi connectivity index (χ0v) is 20.5. The van der Waals surface area contributed by atoms with Crippen molar-refractivity contribution < 1.29 is 19.5 Å². The summed E-state index contributed by atoms with van der Waals surface area (Å²) in [6.07, 6.45) is 6.11. The van der Waals surface area contributed by atoms with Crippen LogP contribution in [0.4, 0.5) is 0 Å². The van der Waals surface area contributed by atoms with E-state index in [1.165, 1.54) is 12.8 Å². The van der Waals surface area contributed by atoms with Crippen molar-refractivity contribution in [3.05, 3.63) is 36.0 Å². The molecule has 0 spiro atoms. The number of aromatic nitrogens is 1. The zero-order chi connectivity index (χ0) is 23.4. The number of rotatable bonds is 7. The maximum atomic E-state index is 13.3. The van der Waals surface area contributed by atoms with Crippen molar-refractivity contribution in [2.45, 2.75) is 44.6 Å². The largest absolute Gasteiger partial charge is 0.481 e. The van der Waals surface area contributed by atoms with Gasteiger partial charge in [0.15, 0.2) is 0 Å². The number of carbonyl (C=O) groups is 3. The highest BCUT2D eigenvalue weighted by Crippen LogP contribution is 2.32. The van der Waals surface area contributed by atoms with Crippen LogP contribution < -0.4 is 5.32 Å². The minimum Gasteiger partial charge on any atom is -0.481 e. The quantitative estimate of drug-likeness (QED) is 0.553. The fraction of sp³-hybridized carbons (Fsp3) is 0.560. The molecule has 1 aromatic heterocycles. The van der Waals surface area contributed by atoms with E-state index in [9.17, 15) is 14.4 Å². The number of fused-ring (bicyclic) bond motifs is 1. The van der Waals surface area contributed by atoms with Gasteiger partial charge < -0.3 is 25.2 Å². The molecule has 0 aliphatic carbocycles. The summed E-state index contributed by atoms with van der Waals surface area (Å²) in [6, 6.07) is 6.40. The number of hydrogen-bond donors (Lipinski definition) is 3. The van der Waals surface area contributed by atoms with Gasteiger partial charge in [-0.3, -0.25) is 14.4 Å². The van der Waals surface area contributed by atoms with Gasteiger partial charge in [-0.05, 0) is 87.7 Å². The summed E-state index contributed by atoms with van der Waals surface area (Å²) in [6.45, 7) is 3.62. The van der Waals surface area contributed by atoms with Crippen molar-refractivity contribution in [1.82, 2.24) is 20.1 Å². The third-order valence-electron chi connectivity index (χ3n) is 7.35. The second kappa shape index (κ2) is 11.7. The predicted octanol–water partition coefficient (Wildman–Crippen LogP) is 3.13. The van der Waals surface area contributed by atoms with E-state index in [4.69, 9.17) is 5.11 Å². The third kappa shape index (κ3) is 6.30. The maximum absolute atomic E-state index is 13.3. The molecule has 8 nitrogen and oxygen atoms in total. The first kappa shape index (κ1) is 26.0. The molecule has 34 heavy (non-hydrogen) atoms. The first-order valence-electron chi connectivity index (χ1n) is 12.0. The molecule has 2 aliphatic heterocycles. The number of aromatic amines is 1. The average molecular weight is 491 g/mol. The lowest BCUT2D eigenvalue weighted by Crippen LogP contribution is -2.51. The van der Waals surface area contributed by atoms with Gasteiger partial charge in [-0.15, -0.1) is 12.4 Å². The first-order valence-corrected chi connectivity index (χ1v) is 12.0. The second-order valence-electron chi connectivity index (χ2n) is 9.54. The first-order chi connectivity index (χ1) is 15.9. The molecule has 4 rings (SSSR count). The van der Waals surface area contributed by atoms with Crippen LogP contribution in [-0.2, 0) is 9.59 Å². The topological polar surface area (TPSA) is 106 Å². The number of carbonyl (C=O) groups excluding carboxylic acids is 2. The smallest absolute Gasteiger partial charge is 0.303 e. The Balaban J connectivity index is 0.00000324. The Bertz CT molecular complexity index is 994. The highest BCUT2D eigenvalue weighted by molar-refractivity contribution is 6.00. The van der Waals surface area contributed by atoms with Gasteiger partial charge in [0.2, 0.25) is 5.91 Å². The van der Waals surface area contributed by atoms with Crippen molar-refractivity contribution in [3.63, 3.8) is 0 Å². The summed E-state index contributed by atoms with van der Waals surface area (Å²) in [5, 5.41) is 13.0. The third-order valence-corrected chi connectivity index (χ3v) is 7.35. The predicted molar refractivity (Wildman–Crippen MR) is 133 cm³/mol. The number of carboxylic acids is 1. The van der Waals surface area contributed by atoms with E-state index in [1.54, 1.807) is 18.3 Å². The molecule has 2 saturated heterocycles. The molecule has 2 amide bonds. The molecule has 0 saturated carbocycles. The van der Waals surface area contributed by atoms with Gasteiger partial charge in [-0.1, -0.05) is 6.07 Å². The van der Waals surface area contributed by atoms with Gasteiger partial charge in [0.1, 0.15) is 6.04 Å².